The summed E-state index contributed by atoms with van der Waals surface area (Å²) in [5.41, 5.74) is 7.77. The van der Waals surface area contributed by atoms with Gasteiger partial charge >= 0.3 is 0 Å². The quantitative estimate of drug-likeness (QED) is 0.896. The van der Waals surface area contributed by atoms with Gasteiger partial charge in [0.2, 0.25) is 0 Å². The molecule has 0 spiro atoms. The van der Waals surface area contributed by atoms with Crippen molar-refractivity contribution in [3.05, 3.63) is 59.0 Å². The third-order valence-corrected chi connectivity index (χ3v) is 2.85. The van der Waals surface area contributed by atoms with Crippen LogP contribution in [0.4, 0.5) is 10.2 Å². The molecule has 0 aliphatic heterocycles. The first-order valence-corrected chi connectivity index (χ1v) is 6.31. The van der Waals surface area contributed by atoms with E-state index in [4.69, 9.17) is 5.73 Å². The van der Waals surface area contributed by atoms with Crippen LogP contribution in [-0.2, 0) is 6.42 Å². The number of aromatic nitrogens is 1. The van der Waals surface area contributed by atoms with Gasteiger partial charge in [-0.25, -0.2) is 9.37 Å². The Balaban J connectivity index is 1.90. The van der Waals surface area contributed by atoms with Crippen molar-refractivity contribution in [1.82, 2.24) is 10.3 Å². The molecular weight excluding hydrogens is 257 g/mol. The molecule has 1 heterocycles. The Labute approximate surface area is 116 Å². The van der Waals surface area contributed by atoms with Gasteiger partial charge in [0.1, 0.15) is 11.6 Å². The summed E-state index contributed by atoms with van der Waals surface area (Å²) in [5.74, 6) is -0.126. The van der Waals surface area contributed by atoms with Crippen molar-refractivity contribution in [3.63, 3.8) is 0 Å². The Morgan fingerprint density at radius 1 is 1.30 bits per heavy atom. The molecule has 5 heteroatoms. The van der Waals surface area contributed by atoms with Gasteiger partial charge in [0, 0.05) is 17.8 Å². The van der Waals surface area contributed by atoms with Crippen molar-refractivity contribution in [2.24, 2.45) is 0 Å². The van der Waals surface area contributed by atoms with E-state index in [1.54, 1.807) is 31.2 Å². The maximum atomic E-state index is 12.7. The van der Waals surface area contributed by atoms with Gasteiger partial charge in [-0.1, -0.05) is 12.1 Å². The van der Waals surface area contributed by atoms with Gasteiger partial charge in [-0.15, -0.1) is 0 Å². The highest BCUT2D eigenvalue weighted by atomic mass is 19.1. The van der Waals surface area contributed by atoms with Gasteiger partial charge in [0.25, 0.3) is 5.91 Å². The highest BCUT2D eigenvalue weighted by molar-refractivity contribution is 5.94. The van der Waals surface area contributed by atoms with Crippen molar-refractivity contribution in [1.29, 1.82) is 0 Å². The first kappa shape index (κ1) is 14.0. The van der Waals surface area contributed by atoms with E-state index in [2.05, 4.69) is 10.3 Å². The number of pyridine rings is 1. The molecule has 2 rings (SSSR count). The number of halogens is 1. The predicted octanol–water partition coefficient (Wildman–Crippen LogP) is 2.08. The van der Waals surface area contributed by atoms with Crippen molar-refractivity contribution >= 4 is 11.7 Å². The predicted molar refractivity (Wildman–Crippen MR) is 75.8 cm³/mol. The van der Waals surface area contributed by atoms with Crippen LogP contribution in [0.15, 0.2) is 36.4 Å². The lowest BCUT2D eigenvalue weighted by Crippen LogP contribution is -2.26. The first-order chi connectivity index (χ1) is 9.54. The number of nitrogens with two attached hydrogens (primary N) is 1. The molecule has 20 heavy (non-hydrogen) atoms. The zero-order valence-corrected chi connectivity index (χ0v) is 11.2. The van der Waals surface area contributed by atoms with E-state index >= 15 is 0 Å². The van der Waals surface area contributed by atoms with Crippen LogP contribution in [0.3, 0.4) is 0 Å². The van der Waals surface area contributed by atoms with E-state index in [-0.39, 0.29) is 11.7 Å². The van der Waals surface area contributed by atoms with Crippen LogP contribution in [0.25, 0.3) is 0 Å². The number of hydrogen-bond donors (Lipinski definition) is 2. The average Bonchev–Trinajstić information content (AvgIpc) is 2.40. The first-order valence-electron chi connectivity index (χ1n) is 6.31. The van der Waals surface area contributed by atoms with Crippen LogP contribution in [-0.4, -0.2) is 17.4 Å². The zero-order chi connectivity index (χ0) is 14.5. The van der Waals surface area contributed by atoms with E-state index in [9.17, 15) is 9.18 Å². The number of nitrogen functional groups attached to an aromatic ring is 1. The SMILES string of the molecule is Cc1cc(C(=O)NCCc2ccc(F)cc2)cc(N)n1. The number of aryl methyl sites for hydroxylation is 1. The Bertz CT molecular complexity index is 591. The Hall–Kier alpha value is -2.43. The van der Waals surface area contributed by atoms with Crippen LogP contribution in [0.1, 0.15) is 21.6 Å². The van der Waals surface area contributed by atoms with Crippen molar-refractivity contribution in [2.75, 3.05) is 12.3 Å². The number of benzene rings is 1. The fraction of sp³-hybridized carbons (Fsp3) is 0.200. The fourth-order valence-electron chi connectivity index (χ4n) is 1.90. The standard InChI is InChI=1S/C15H16FN3O/c1-10-8-12(9-14(17)19-10)15(20)18-7-6-11-2-4-13(16)5-3-11/h2-5,8-9H,6-7H2,1H3,(H2,17,19)(H,18,20). The average molecular weight is 273 g/mol. The minimum Gasteiger partial charge on any atom is -0.384 e. The molecule has 3 N–H and O–H groups in total. The van der Waals surface area contributed by atoms with E-state index < -0.39 is 0 Å². The molecule has 1 aromatic heterocycles. The minimum absolute atomic E-state index is 0.190. The lowest BCUT2D eigenvalue weighted by atomic mass is 10.1. The molecule has 1 amide bonds. The van der Waals surface area contributed by atoms with Crippen LogP contribution in [0.5, 0.6) is 0 Å². The molecule has 0 unspecified atom stereocenters. The second-order valence-corrected chi connectivity index (χ2v) is 4.55. The Morgan fingerprint density at radius 3 is 2.65 bits per heavy atom. The molecule has 0 aliphatic carbocycles. The largest absolute Gasteiger partial charge is 0.384 e. The number of carbonyl (C=O) groups excluding carboxylic acids is 1. The second kappa shape index (κ2) is 6.14. The third kappa shape index (κ3) is 3.78. The maximum Gasteiger partial charge on any atom is 0.251 e. The van der Waals surface area contributed by atoms with E-state index in [1.165, 1.54) is 12.1 Å². The second-order valence-electron chi connectivity index (χ2n) is 4.55. The summed E-state index contributed by atoms with van der Waals surface area (Å²) in [5, 5.41) is 2.80. The smallest absolute Gasteiger partial charge is 0.251 e. The van der Waals surface area contributed by atoms with Crippen molar-refractivity contribution < 1.29 is 9.18 Å². The molecule has 0 saturated heterocycles. The van der Waals surface area contributed by atoms with Crippen LogP contribution < -0.4 is 11.1 Å². The van der Waals surface area contributed by atoms with Crippen LogP contribution >= 0.6 is 0 Å². The molecule has 0 atom stereocenters. The summed E-state index contributed by atoms with van der Waals surface area (Å²) in [6.07, 6.45) is 0.644. The number of carbonyl (C=O) groups is 1. The van der Waals surface area contributed by atoms with E-state index in [0.29, 0.717) is 30.0 Å². The van der Waals surface area contributed by atoms with E-state index in [1.807, 2.05) is 0 Å². The van der Waals surface area contributed by atoms with Crippen LogP contribution in [0.2, 0.25) is 0 Å². The molecule has 4 nitrogen and oxygen atoms in total. The summed E-state index contributed by atoms with van der Waals surface area (Å²) < 4.78 is 12.7. The molecular formula is C15H16FN3O. The molecule has 1 aromatic carbocycles. The number of nitrogens with zero attached hydrogens (tertiary/aromatic N) is 1. The summed E-state index contributed by atoms with van der Waals surface area (Å²) in [4.78, 5) is 16.0. The van der Waals surface area contributed by atoms with Gasteiger partial charge in [0.05, 0.1) is 0 Å². The number of anilines is 1. The van der Waals surface area contributed by atoms with Gasteiger partial charge < -0.3 is 11.1 Å². The van der Waals surface area contributed by atoms with Gasteiger partial charge in [-0.2, -0.15) is 0 Å². The molecule has 0 saturated carbocycles. The van der Waals surface area contributed by atoms with Gasteiger partial charge in [-0.05, 0) is 43.2 Å². The minimum atomic E-state index is -0.263. The molecule has 104 valence electrons. The zero-order valence-electron chi connectivity index (χ0n) is 11.2. The molecule has 0 aliphatic rings. The molecule has 0 radical (unpaired) electrons. The Morgan fingerprint density at radius 2 is 2.00 bits per heavy atom. The summed E-state index contributed by atoms with van der Waals surface area (Å²) in [6.45, 7) is 2.26. The lowest BCUT2D eigenvalue weighted by molar-refractivity contribution is 0.0954. The van der Waals surface area contributed by atoms with Gasteiger partial charge in [-0.3, -0.25) is 4.79 Å². The van der Waals surface area contributed by atoms with E-state index in [0.717, 1.165) is 5.56 Å². The monoisotopic (exact) mass is 273 g/mol. The van der Waals surface area contributed by atoms with Crippen molar-refractivity contribution in [2.45, 2.75) is 13.3 Å². The normalized spacial score (nSPS) is 10.3. The highest BCUT2D eigenvalue weighted by Crippen LogP contribution is 2.07. The van der Waals surface area contributed by atoms with Gasteiger partial charge in [0.15, 0.2) is 0 Å². The summed E-state index contributed by atoms with van der Waals surface area (Å²) in [6, 6.07) is 9.45. The number of nitrogens with one attached hydrogen (secondary N) is 1. The fourth-order valence-corrected chi connectivity index (χ4v) is 1.90. The number of rotatable bonds is 4. The maximum absolute atomic E-state index is 12.7. The molecule has 0 bridgehead atoms. The van der Waals surface area contributed by atoms with Crippen LogP contribution in [0, 0.1) is 12.7 Å². The Kier molecular flexibility index (Phi) is 4.30. The molecule has 0 fully saturated rings. The number of amides is 1. The topological polar surface area (TPSA) is 68.0 Å². The molecule has 2 aromatic rings. The highest BCUT2D eigenvalue weighted by Gasteiger charge is 2.07. The summed E-state index contributed by atoms with van der Waals surface area (Å²) in [7, 11) is 0. The van der Waals surface area contributed by atoms with Crippen molar-refractivity contribution in [3.8, 4) is 0 Å². The number of hydrogen-bond acceptors (Lipinski definition) is 3. The third-order valence-electron chi connectivity index (χ3n) is 2.85. The summed E-state index contributed by atoms with van der Waals surface area (Å²) >= 11 is 0. The lowest BCUT2D eigenvalue weighted by Gasteiger charge is -2.07.